The van der Waals surface area contributed by atoms with Crippen molar-refractivity contribution in [3.05, 3.63) is 76.9 Å². The number of nitrogens with one attached hydrogen (secondary N) is 1. The topological polar surface area (TPSA) is 85.2 Å². The summed E-state index contributed by atoms with van der Waals surface area (Å²) in [5.74, 6) is -2.21. The van der Waals surface area contributed by atoms with E-state index in [0.29, 0.717) is 37.5 Å². The Balaban J connectivity index is 1.52. The number of rotatable bonds is 10. The Morgan fingerprint density at radius 3 is 2.42 bits per heavy atom. The van der Waals surface area contributed by atoms with Gasteiger partial charge < -0.3 is 0 Å². The van der Waals surface area contributed by atoms with Crippen molar-refractivity contribution in [3.8, 4) is 11.4 Å². The summed E-state index contributed by atoms with van der Waals surface area (Å²) in [6.45, 7) is 4.15. The first-order valence-corrected chi connectivity index (χ1v) is 11.2. The third-order valence-electron chi connectivity index (χ3n) is 5.47. The fraction of sp³-hybridized carbons (Fsp3) is 0.375. The summed E-state index contributed by atoms with van der Waals surface area (Å²) in [6.07, 6.45) is 2.27. The molecule has 0 atom stereocenters. The molecular weight excluding hydrogens is 424 g/mol. The monoisotopic (exact) mass is 451 g/mol. The van der Waals surface area contributed by atoms with E-state index in [1.54, 1.807) is 11.6 Å². The van der Waals surface area contributed by atoms with E-state index in [-0.39, 0.29) is 12.2 Å². The first kappa shape index (κ1) is 22.7. The molecule has 0 radical (unpaired) electrons. The second-order valence-corrected chi connectivity index (χ2v) is 8.10. The standard InChI is InChI=1S/C24H27F2N7/c1-3-7-21-27-23(24(25,26)14-4-2)30-33(21)16-18-12-10-17(11-13-18)15-19-8-5-6-9-20(19)22-28-31-32-29-22/h5-6,8-13H,3-4,7,14-16H2,1-2H3,(H,28,29,31,32). The van der Waals surface area contributed by atoms with Crippen LogP contribution in [0.15, 0.2) is 48.5 Å². The molecule has 4 rings (SSSR count). The van der Waals surface area contributed by atoms with E-state index in [4.69, 9.17) is 0 Å². The number of nitrogens with zero attached hydrogens (tertiary/aromatic N) is 6. The third-order valence-corrected chi connectivity index (χ3v) is 5.47. The van der Waals surface area contributed by atoms with Crippen LogP contribution in [0, 0.1) is 0 Å². The van der Waals surface area contributed by atoms with E-state index < -0.39 is 5.92 Å². The molecule has 4 aromatic rings. The second kappa shape index (κ2) is 9.97. The van der Waals surface area contributed by atoms with Crippen molar-refractivity contribution in [2.45, 2.75) is 58.4 Å². The molecule has 0 amide bonds. The summed E-state index contributed by atoms with van der Waals surface area (Å²) in [7, 11) is 0. The number of halogens is 2. The normalized spacial score (nSPS) is 11.8. The maximum absolute atomic E-state index is 14.4. The zero-order valence-corrected chi connectivity index (χ0v) is 18.8. The van der Waals surface area contributed by atoms with E-state index in [0.717, 1.165) is 28.7 Å². The predicted molar refractivity (Wildman–Crippen MR) is 121 cm³/mol. The minimum Gasteiger partial charge on any atom is -0.245 e. The van der Waals surface area contributed by atoms with Crippen molar-refractivity contribution in [3.63, 3.8) is 0 Å². The molecule has 0 spiro atoms. The van der Waals surface area contributed by atoms with Gasteiger partial charge in [0.15, 0.2) is 0 Å². The number of H-pyrrole nitrogens is 1. The average molecular weight is 452 g/mol. The van der Waals surface area contributed by atoms with Crippen LogP contribution in [0.3, 0.4) is 0 Å². The summed E-state index contributed by atoms with van der Waals surface area (Å²) in [6, 6.07) is 16.1. The van der Waals surface area contributed by atoms with E-state index in [9.17, 15) is 8.78 Å². The van der Waals surface area contributed by atoms with Gasteiger partial charge in [-0.2, -0.15) is 14.0 Å². The maximum atomic E-state index is 14.4. The number of aryl methyl sites for hydroxylation is 1. The van der Waals surface area contributed by atoms with E-state index in [2.05, 4.69) is 30.7 Å². The number of hydrogen-bond donors (Lipinski definition) is 1. The van der Waals surface area contributed by atoms with Gasteiger partial charge in [0.2, 0.25) is 11.6 Å². The molecule has 1 N–H and O–H groups in total. The summed E-state index contributed by atoms with van der Waals surface area (Å²) in [5.41, 5.74) is 4.13. The van der Waals surface area contributed by atoms with Crippen molar-refractivity contribution in [2.24, 2.45) is 0 Å². The van der Waals surface area contributed by atoms with Crippen LogP contribution in [0.5, 0.6) is 0 Å². The zero-order chi connectivity index (χ0) is 23.3. The highest BCUT2D eigenvalue weighted by Crippen LogP contribution is 2.31. The summed E-state index contributed by atoms with van der Waals surface area (Å²) in [4.78, 5) is 4.18. The van der Waals surface area contributed by atoms with E-state index in [1.165, 1.54) is 0 Å². The molecule has 33 heavy (non-hydrogen) atoms. The van der Waals surface area contributed by atoms with Gasteiger partial charge >= 0.3 is 5.92 Å². The molecule has 7 nitrogen and oxygen atoms in total. The molecule has 0 aliphatic carbocycles. The number of aromatic amines is 1. The van der Waals surface area contributed by atoms with Crippen molar-refractivity contribution in [1.82, 2.24) is 35.4 Å². The first-order valence-electron chi connectivity index (χ1n) is 11.2. The lowest BCUT2D eigenvalue weighted by Crippen LogP contribution is -2.15. The Labute approximate surface area is 191 Å². The van der Waals surface area contributed by atoms with Crippen LogP contribution in [0.1, 0.15) is 61.4 Å². The minimum atomic E-state index is -3.00. The molecule has 9 heteroatoms. The first-order chi connectivity index (χ1) is 16.0. The van der Waals surface area contributed by atoms with Gasteiger partial charge in [0.05, 0.1) is 6.54 Å². The Morgan fingerprint density at radius 2 is 1.73 bits per heavy atom. The number of aromatic nitrogens is 7. The molecule has 2 heterocycles. The molecule has 0 bridgehead atoms. The summed E-state index contributed by atoms with van der Waals surface area (Å²) in [5, 5.41) is 18.5. The molecule has 0 saturated carbocycles. The highest BCUT2D eigenvalue weighted by atomic mass is 19.3. The summed E-state index contributed by atoms with van der Waals surface area (Å²) >= 11 is 0. The summed E-state index contributed by atoms with van der Waals surface area (Å²) < 4.78 is 30.4. The highest BCUT2D eigenvalue weighted by molar-refractivity contribution is 5.60. The van der Waals surface area contributed by atoms with Crippen LogP contribution in [0.2, 0.25) is 0 Å². The van der Waals surface area contributed by atoms with Crippen LogP contribution in [0.25, 0.3) is 11.4 Å². The van der Waals surface area contributed by atoms with Crippen LogP contribution in [-0.2, 0) is 25.3 Å². The molecule has 2 aromatic heterocycles. The lowest BCUT2D eigenvalue weighted by Gasteiger charge is -2.10. The van der Waals surface area contributed by atoms with Gasteiger partial charge in [-0.3, -0.25) is 0 Å². The zero-order valence-electron chi connectivity index (χ0n) is 18.8. The lowest BCUT2D eigenvalue weighted by molar-refractivity contribution is -0.0232. The number of hydrogen-bond acceptors (Lipinski definition) is 5. The van der Waals surface area contributed by atoms with Crippen molar-refractivity contribution in [2.75, 3.05) is 0 Å². The Morgan fingerprint density at radius 1 is 0.970 bits per heavy atom. The quantitative estimate of drug-likeness (QED) is 0.369. The molecule has 2 aromatic carbocycles. The van der Waals surface area contributed by atoms with Crippen LogP contribution < -0.4 is 0 Å². The van der Waals surface area contributed by atoms with Crippen molar-refractivity contribution < 1.29 is 8.78 Å². The van der Waals surface area contributed by atoms with E-state index >= 15 is 0 Å². The molecule has 0 aliphatic heterocycles. The maximum Gasteiger partial charge on any atom is 0.308 e. The molecular formula is C24H27F2N7. The van der Waals surface area contributed by atoms with Gasteiger partial charge in [-0.05, 0) is 41.2 Å². The highest BCUT2D eigenvalue weighted by Gasteiger charge is 2.36. The minimum absolute atomic E-state index is 0.247. The van der Waals surface area contributed by atoms with Crippen molar-refractivity contribution in [1.29, 1.82) is 0 Å². The molecule has 0 aliphatic rings. The number of tetrazole rings is 1. The second-order valence-electron chi connectivity index (χ2n) is 8.10. The van der Waals surface area contributed by atoms with E-state index in [1.807, 2.05) is 55.5 Å². The predicted octanol–water partition coefficient (Wildman–Crippen LogP) is 4.94. The molecule has 172 valence electrons. The van der Waals surface area contributed by atoms with Gasteiger partial charge in [0, 0.05) is 18.4 Å². The molecule has 0 unspecified atom stereocenters. The smallest absolute Gasteiger partial charge is 0.245 e. The molecule has 0 fully saturated rings. The van der Waals surface area contributed by atoms with Crippen molar-refractivity contribution >= 4 is 0 Å². The molecule has 0 saturated heterocycles. The van der Waals surface area contributed by atoms with Gasteiger partial charge in [0.25, 0.3) is 0 Å². The van der Waals surface area contributed by atoms with Crippen LogP contribution in [-0.4, -0.2) is 35.4 Å². The fourth-order valence-corrected chi connectivity index (χ4v) is 3.81. The SMILES string of the molecule is CCCc1nc(C(F)(F)CCC)nn1Cc1ccc(Cc2ccccc2-c2nn[nH]n2)cc1. The number of benzene rings is 2. The third kappa shape index (κ3) is 5.30. The Kier molecular flexibility index (Phi) is 6.86. The Hall–Kier alpha value is -3.49. The number of alkyl halides is 2. The average Bonchev–Trinajstić information content (AvgIpc) is 3.47. The Bertz CT molecular complexity index is 1170. The van der Waals surface area contributed by atoms with Gasteiger partial charge in [-0.15, -0.1) is 15.3 Å². The largest absolute Gasteiger partial charge is 0.308 e. The van der Waals surface area contributed by atoms with Gasteiger partial charge in [-0.1, -0.05) is 62.4 Å². The van der Waals surface area contributed by atoms with Gasteiger partial charge in [-0.25, -0.2) is 9.67 Å². The van der Waals surface area contributed by atoms with Gasteiger partial charge in [0.1, 0.15) is 5.82 Å². The van der Waals surface area contributed by atoms with Crippen LogP contribution >= 0.6 is 0 Å². The lowest BCUT2D eigenvalue weighted by atomic mass is 9.98. The van der Waals surface area contributed by atoms with Crippen LogP contribution in [0.4, 0.5) is 8.78 Å². The fourth-order valence-electron chi connectivity index (χ4n) is 3.81.